The number of carbonyl (C=O) groups is 2. The van der Waals surface area contributed by atoms with Gasteiger partial charge in [0.15, 0.2) is 0 Å². The molecule has 9 nitrogen and oxygen atoms in total. The summed E-state index contributed by atoms with van der Waals surface area (Å²) >= 11 is 0. The van der Waals surface area contributed by atoms with Crippen LogP contribution in [0, 0.1) is 11.3 Å². The number of carbonyl (C=O) groups excluding carboxylic acids is 2. The fourth-order valence-electron chi connectivity index (χ4n) is 6.16. The van der Waals surface area contributed by atoms with Gasteiger partial charge in [0.25, 0.3) is 0 Å². The standard InChI is InChI=1S/C38H50N4O5S/c1-24(2)31-20-32(25(3)4)35(33(21-31)26(5)6)48(45,46)41-34(19-28-14-10-15-29(18-28)36(39)40)37(43)42-17-11-16-30(22-42)38(44)47-23-27-12-8-7-9-13-27/h7-10,12-15,18,20-21,24-26,30,34,41H,11,16-17,19,22-23H2,1-6H3,(H3,39,40)/t30-,34-/m0/s1. The quantitative estimate of drug-likeness (QED) is 0.112. The van der Waals surface area contributed by atoms with E-state index in [1.54, 1.807) is 29.2 Å². The van der Waals surface area contributed by atoms with Crippen molar-refractivity contribution in [2.75, 3.05) is 13.1 Å². The molecule has 48 heavy (non-hydrogen) atoms. The molecule has 1 aliphatic rings. The van der Waals surface area contributed by atoms with Crippen LogP contribution in [0.4, 0.5) is 0 Å². The number of esters is 1. The van der Waals surface area contributed by atoms with Crippen molar-refractivity contribution in [3.8, 4) is 0 Å². The zero-order chi connectivity index (χ0) is 35.2. The van der Waals surface area contributed by atoms with Crippen molar-refractivity contribution in [1.29, 1.82) is 5.41 Å². The van der Waals surface area contributed by atoms with Gasteiger partial charge in [-0.3, -0.25) is 15.0 Å². The van der Waals surface area contributed by atoms with E-state index < -0.39 is 27.9 Å². The first-order valence-electron chi connectivity index (χ1n) is 16.8. The van der Waals surface area contributed by atoms with E-state index in [4.69, 9.17) is 15.9 Å². The van der Waals surface area contributed by atoms with Gasteiger partial charge in [0.1, 0.15) is 18.5 Å². The minimum Gasteiger partial charge on any atom is -0.461 e. The fraction of sp³-hybridized carbons (Fsp3) is 0.447. The highest BCUT2D eigenvalue weighted by molar-refractivity contribution is 7.89. The second-order valence-corrected chi connectivity index (χ2v) is 15.4. The molecule has 258 valence electrons. The number of likely N-dealkylation sites (tertiary alicyclic amines) is 1. The number of nitrogens with two attached hydrogens (primary N) is 1. The predicted octanol–water partition coefficient (Wildman–Crippen LogP) is 6.21. The van der Waals surface area contributed by atoms with Crippen LogP contribution in [0.3, 0.4) is 0 Å². The normalized spacial score (nSPS) is 15.9. The minimum absolute atomic E-state index is 0.0386. The summed E-state index contributed by atoms with van der Waals surface area (Å²) in [5.74, 6) is -1.40. The summed E-state index contributed by atoms with van der Waals surface area (Å²) in [6.07, 6.45) is 1.20. The average Bonchev–Trinajstić information content (AvgIpc) is 3.06. The highest BCUT2D eigenvalue weighted by Gasteiger charge is 2.36. The van der Waals surface area contributed by atoms with Crippen LogP contribution in [0.25, 0.3) is 0 Å². The number of ether oxygens (including phenoxy) is 1. The molecule has 0 aromatic heterocycles. The van der Waals surface area contributed by atoms with Crippen LogP contribution in [0.2, 0.25) is 0 Å². The highest BCUT2D eigenvalue weighted by atomic mass is 32.2. The number of amides is 1. The molecule has 4 rings (SSSR count). The van der Waals surface area contributed by atoms with Gasteiger partial charge in [-0.25, -0.2) is 8.42 Å². The van der Waals surface area contributed by atoms with E-state index in [2.05, 4.69) is 18.6 Å². The Balaban J connectivity index is 1.68. The van der Waals surface area contributed by atoms with E-state index in [0.717, 1.165) is 11.1 Å². The Kier molecular flexibility index (Phi) is 12.2. The molecule has 2 atom stereocenters. The van der Waals surface area contributed by atoms with E-state index in [9.17, 15) is 18.0 Å². The van der Waals surface area contributed by atoms with E-state index in [-0.39, 0.29) is 54.0 Å². The molecule has 1 heterocycles. The van der Waals surface area contributed by atoms with Gasteiger partial charge in [-0.05, 0) is 70.9 Å². The molecular formula is C38H50N4O5S. The lowest BCUT2D eigenvalue weighted by atomic mass is 9.89. The van der Waals surface area contributed by atoms with Crippen LogP contribution in [0.1, 0.15) is 106 Å². The second-order valence-electron chi connectivity index (χ2n) is 13.7. The Labute approximate surface area is 285 Å². The molecule has 10 heteroatoms. The van der Waals surface area contributed by atoms with Crippen molar-refractivity contribution in [3.05, 3.63) is 100 Å². The number of nitrogens with zero attached hydrogens (tertiary/aromatic N) is 1. The van der Waals surface area contributed by atoms with Crippen LogP contribution < -0.4 is 10.5 Å². The largest absolute Gasteiger partial charge is 0.461 e. The average molecular weight is 675 g/mol. The Bertz CT molecular complexity index is 1690. The first-order valence-corrected chi connectivity index (χ1v) is 18.3. The van der Waals surface area contributed by atoms with Crippen LogP contribution in [0.5, 0.6) is 0 Å². The van der Waals surface area contributed by atoms with Gasteiger partial charge < -0.3 is 15.4 Å². The Morgan fingerprint density at radius 1 is 0.917 bits per heavy atom. The summed E-state index contributed by atoms with van der Waals surface area (Å²) in [5.41, 5.74) is 10.2. The van der Waals surface area contributed by atoms with Crippen molar-refractivity contribution in [1.82, 2.24) is 9.62 Å². The fourth-order valence-corrected chi connectivity index (χ4v) is 8.05. The van der Waals surface area contributed by atoms with Gasteiger partial charge in [-0.15, -0.1) is 0 Å². The number of amidine groups is 1. The van der Waals surface area contributed by atoms with Gasteiger partial charge in [0.05, 0.1) is 10.8 Å². The van der Waals surface area contributed by atoms with Crippen molar-refractivity contribution >= 4 is 27.7 Å². The van der Waals surface area contributed by atoms with Gasteiger partial charge in [-0.1, -0.05) is 102 Å². The minimum atomic E-state index is -4.21. The van der Waals surface area contributed by atoms with Crippen LogP contribution in [0.15, 0.2) is 71.6 Å². The molecule has 0 aliphatic carbocycles. The van der Waals surface area contributed by atoms with E-state index in [1.165, 1.54) is 0 Å². The molecule has 1 amide bonds. The van der Waals surface area contributed by atoms with Gasteiger partial charge in [0.2, 0.25) is 15.9 Å². The van der Waals surface area contributed by atoms with Gasteiger partial charge >= 0.3 is 5.97 Å². The van der Waals surface area contributed by atoms with Crippen LogP contribution >= 0.6 is 0 Å². The number of hydrogen-bond acceptors (Lipinski definition) is 6. The first-order chi connectivity index (χ1) is 22.7. The summed E-state index contributed by atoms with van der Waals surface area (Å²) in [6, 6.07) is 19.1. The van der Waals surface area contributed by atoms with Crippen molar-refractivity contribution in [3.63, 3.8) is 0 Å². The van der Waals surface area contributed by atoms with Crippen LogP contribution in [-0.2, 0) is 37.4 Å². The number of sulfonamides is 1. The number of hydrogen-bond donors (Lipinski definition) is 3. The SMILES string of the molecule is CC(C)c1cc(C(C)C)c(S(=O)(=O)N[C@@H](Cc2cccc(C(=N)N)c2)C(=O)N2CCC[C@H](C(=O)OCc3ccccc3)C2)c(C(C)C)c1. The molecule has 3 aromatic rings. The Morgan fingerprint density at radius 3 is 2.12 bits per heavy atom. The molecule has 0 radical (unpaired) electrons. The number of nitrogen functional groups attached to an aromatic ring is 1. The third kappa shape index (κ3) is 9.11. The number of rotatable bonds is 13. The molecule has 3 aromatic carbocycles. The third-order valence-corrected chi connectivity index (χ3v) is 10.5. The Morgan fingerprint density at radius 2 is 1.54 bits per heavy atom. The number of nitrogens with one attached hydrogen (secondary N) is 2. The lowest BCUT2D eigenvalue weighted by Crippen LogP contribution is -2.53. The maximum Gasteiger partial charge on any atom is 0.311 e. The second kappa shape index (κ2) is 15.9. The van der Waals surface area contributed by atoms with Gasteiger partial charge in [-0.2, -0.15) is 4.72 Å². The maximum atomic E-state index is 14.5. The molecule has 0 spiro atoms. The van der Waals surface area contributed by atoms with E-state index >= 15 is 0 Å². The maximum absolute atomic E-state index is 14.5. The van der Waals surface area contributed by atoms with Crippen molar-refractivity contribution in [2.45, 2.75) is 96.1 Å². The number of benzene rings is 3. The molecule has 0 bridgehead atoms. The molecular weight excluding hydrogens is 625 g/mol. The summed E-state index contributed by atoms with van der Waals surface area (Å²) in [7, 11) is -4.21. The molecule has 1 aliphatic heterocycles. The van der Waals surface area contributed by atoms with Crippen LogP contribution in [-0.4, -0.2) is 50.2 Å². The molecule has 0 unspecified atom stereocenters. The summed E-state index contributed by atoms with van der Waals surface area (Å²) in [6.45, 7) is 12.7. The number of piperidine rings is 1. The lowest BCUT2D eigenvalue weighted by molar-refractivity contribution is -0.153. The van der Waals surface area contributed by atoms with Gasteiger partial charge in [0, 0.05) is 18.7 Å². The zero-order valence-corrected chi connectivity index (χ0v) is 29.8. The summed E-state index contributed by atoms with van der Waals surface area (Å²) < 4.78 is 37.4. The lowest BCUT2D eigenvalue weighted by Gasteiger charge is -2.34. The molecule has 1 fully saturated rings. The smallest absolute Gasteiger partial charge is 0.311 e. The molecule has 4 N–H and O–H groups in total. The third-order valence-electron chi connectivity index (χ3n) is 8.91. The monoisotopic (exact) mass is 674 g/mol. The predicted molar refractivity (Wildman–Crippen MR) is 190 cm³/mol. The molecule has 0 saturated carbocycles. The summed E-state index contributed by atoms with van der Waals surface area (Å²) in [4.78, 5) is 29.2. The van der Waals surface area contributed by atoms with E-state index in [0.29, 0.717) is 41.6 Å². The van der Waals surface area contributed by atoms with E-state index in [1.807, 2.05) is 70.2 Å². The van der Waals surface area contributed by atoms with Crippen molar-refractivity contribution in [2.24, 2.45) is 11.7 Å². The Hall–Kier alpha value is -4.02. The summed E-state index contributed by atoms with van der Waals surface area (Å²) in [5, 5.41) is 7.89. The molecule has 1 saturated heterocycles. The zero-order valence-electron chi connectivity index (χ0n) is 29.0. The highest BCUT2D eigenvalue weighted by Crippen LogP contribution is 2.35. The first kappa shape index (κ1) is 36.8. The van der Waals surface area contributed by atoms with Crippen molar-refractivity contribution < 1.29 is 22.7 Å². The topological polar surface area (TPSA) is 143 Å².